The molecule has 3 heterocycles. The molecule has 2 fully saturated rings. The lowest BCUT2D eigenvalue weighted by atomic mass is 9.95. The predicted molar refractivity (Wildman–Crippen MR) is 77.8 cm³/mol. The van der Waals surface area contributed by atoms with Gasteiger partial charge in [-0.3, -0.25) is 4.79 Å². The first-order valence-corrected chi connectivity index (χ1v) is 7.37. The molecule has 1 aromatic heterocycles. The number of carbonyl (C=O) groups excluding carboxylic acids is 1. The molecule has 5 nitrogen and oxygen atoms in total. The van der Waals surface area contributed by atoms with Crippen molar-refractivity contribution in [3.05, 3.63) is 42.3 Å². The van der Waals surface area contributed by atoms with E-state index in [1.807, 2.05) is 30.3 Å². The largest absolute Gasteiger partial charge is 0.444 e. The maximum Gasteiger partial charge on any atom is 0.273 e. The van der Waals surface area contributed by atoms with E-state index in [-0.39, 0.29) is 11.9 Å². The van der Waals surface area contributed by atoms with Crippen LogP contribution in [0.1, 0.15) is 29.8 Å². The second kappa shape index (κ2) is 5.00. The lowest BCUT2D eigenvalue weighted by molar-refractivity contribution is 0.0926. The van der Waals surface area contributed by atoms with E-state index in [1.54, 1.807) is 0 Å². The van der Waals surface area contributed by atoms with E-state index in [1.165, 1.54) is 12.7 Å². The Morgan fingerprint density at radius 2 is 2.14 bits per heavy atom. The molecule has 0 aliphatic carbocycles. The fourth-order valence-electron chi connectivity index (χ4n) is 3.32. The molecular formula is C16H17N3O2. The molecule has 2 aromatic rings. The minimum atomic E-state index is -0.153. The zero-order valence-electron chi connectivity index (χ0n) is 11.6. The number of aromatic nitrogens is 1. The molecule has 2 aliphatic rings. The van der Waals surface area contributed by atoms with Crippen LogP contribution in [0.25, 0.3) is 11.5 Å². The molecule has 108 valence electrons. The molecular weight excluding hydrogens is 266 g/mol. The maximum absolute atomic E-state index is 12.3. The lowest BCUT2D eigenvalue weighted by Crippen LogP contribution is -2.43. The van der Waals surface area contributed by atoms with E-state index in [9.17, 15) is 4.79 Å². The van der Waals surface area contributed by atoms with Gasteiger partial charge in [0, 0.05) is 23.7 Å². The van der Waals surface area contributed by atoms with Crippen molar-refractivity contribution >= 4 is 5.91 Å². The van der Waals surface area contributed by atoms with E-state index in [4.69, 9.17) is 4.42 Å². The third kappa shape index (κ3) is 2.34. The minimum Gasteiger partial charge on any atom is -0.444 e. The van der Waals surface area contributed by atoms with Crippen LogP contribution >= 0.6 is 0 Å². The molecule has 5 heteroatoms. The van der Waals surface area contributed by atoms with E-state index in [2.05, 4.69) is 15.6 Å². The molecule has 2 N–H and O–H groups in total. The summed E-state index contributed by atoms with van der Waals surface area (Å²) in [6.45, 7) is 0. The normalized spacial score (nSPS) is 27.0. The van der Waals surface area contributed by atoms with Crippen molar-refractivity contribution in [1.29, 1.82) is 0 Å². The maximum atomic E-state index is 12.3. The zero-order valence-corrected chi connectivity index (χ0v) is 11.6. The van der Waals surface area contributed by atoms with Gasteiger partial charge in [0.05, 0.1) is 0 Å². The Bertz CT molecular complexity index is 653. The van der Waals surface area contributed by atoms with Crippen LogP contribution in [0.5, 0.6) is 0 Å². The van der Waals surface area contributed by atoms with Crippen LogP contribution in [0.4, 0.5) is 0 Å². The SMILES string of the molecule is O=C(N[C@@H]1C[C@H]2CC[C@@H]1N2)c1coc(-c2ccccc2)n1. The van der Waals surface area contributed by atoms with Gasteiger partial charge in [-0.15, -0.1) is 0 Å². The molecule has 2 bridgehead atoms. The first kappa shape index (κ1) is 12.6. The quantitative estimate of drug-likeness (QED) is 0.903. The second-order valence-corrected chi connectivity index (χ2v) is 5.77. The summed E-state index contributed by atoms with van der Waals surface area (Å²) in [4.78, 5) is 16.5. The topological polar surface area (TPSA) is 67.2 Å². The van der Waals surface area contributed by atoms with Gasteiger partial charge < -0.3 is 15.1 Å². The van der Waals surface area contributed by atoms with Crippen molar-refractivity contribution in [3.8, 4) is 11.5 Å². The van der Waals surface area contributed by atoms with Gasteiger partial charge in [-0.1, -0.05) is 18.2 Å². The van der Waals surface area contributed by atoms with Crippen molar-refractivity contribution in [2.45, 2.75) is 37.4 Å². The Labute approximate surface area is 122 Å². The number of hydrogen-bond acceptors (Lipinski definition) is 4. The summed E-state index contributed by atoms with van der Waals surface area (Å²) in [6, 6.07) is 10.8. The third-order valence-electron chi connectivity index (χ3n) is 4.37. The number of hydrogen-bond donors (Lipinski definition) is 2. The van der Waals surface area contributed by atoms with Gasteiger partial charge in [-0.25, -0.2) is 4.98 Å². The van der Waals surface area contributed by atoms with Crippen LogP contribution in [0.15, 0.2) is 41.0 Å². The van der Waals surface area contributed by atoms with Crippen molar-refractivity contribution < 1.29 is 9.21 Å². The standard InChI is InChI=1S/C16H17N3O2/c20-15(18-13-8-11-6-7-12(13)17-11)14-9-21-16(19-14)10-4-2-1-3-5-10/h1-5,9,11-13,17H,6-8H2,(H,18,20)/t11-,12+,13-/m1/s1. The molecule has 0 radical (unpaired) electrons. The number of amides is 1. The fraction of sp³-hybridized carbons (Fsp3) is 0.375. The lowest BCUT2D eigenvalue weighted by Gasteiger charge is -2.20. The highest BCUT2D eigenvalue weighted by molar-refractivity contribution is 5.92. The number of benzene rings is 1. The second-order valence-electron chi connectivity index (χ2n) is 5.77. The van der Waals surface area contributed by atoms with Crippen LogP contribution in [-0.4, -0.2) is 29.0 Å². The molecule has 0 saturated carbocycles. The Hall–Kier alpha value is -2.14. The molecule has 1 amide bonds. The van der Waals surface area contributed by atoms with Gasteiger partial charge in [-0.2, -0.15) is 0 Å². The average molecular weight is 283 g/mol. The highest BCUT2D eigenvalue weighted by Gasteiger charge is 2.39. The summed E-state index contributed by atoms with van der Waals surface area (Å²) < 4.78 is 5.41. The molecule has 4 rings (SSSR count). The van der Waals surface area contributed by atoms with Crippen LogP contribution in [-0.2, 0) is 0 Å². The minimum absolute atomic E-state index is 0.153. The summed E-state index contributed by atoms with van der Waals surface area (Å²) in [6.07, 6.45) is 4.81. The average Bonchev–Trinajstić information content (AvgIpc) is 3.24. The van der Waals surface area contributed by atoms with Crippen LogP contribution in [0.3, 0.4) is 0 Å². The van der Waals surface area contributed by atoms with Gasteiger partial charge in [0.1, 0.15) is 6.26 Å². The Morgan fingerprint density at radius 3 is 2.86 bits per heavy atom. The summed E-state index contributed by atoms with van der Waals surface area (Å²) >= 11 is 0. The summed E-state index contributed by atoms with van der Waals surface area (Å²) in [5, 5.41) is 6.57. The molecule has 2 saturated heterocycles. The van der Waals surface area contributed by atoms with Crippen molar-refractivity contribution in [2.24, 2.45) is 0 Å². The highest BCUT2D eigenvalue weighted by Crippen LogP contribution is 2.28. The Balaban J connectivity index is 1.47. The van der Waals surface area contributed by atoms with Crippen LogP contribution in [0.2, 0.25) is 0 Å². The van der Waals surface area contributed by atoms with E-state index in [0.717, 1.165) is 18.4 Å². The number of oxazole rings is 1. The van der Waals surface area contributed by atoms with E-state index in [0.29, 0.717) is 23.7 Å². The molecule has 0 unspecified atom stereocenters. The molecule has 21 heavy (non-hydrogen) atoms. The van der Waals surface area contributed by atoms with Gasteiger partial charge in [0.15, 0.2) is 5.69 Å². The van der Waals surface area contributed by atoms with E-state index < -0.39 is 0 Å². The summed E-state index contributed by atoms with van der Waals surface area (Å²) in [7, 11) is 0. The molecule has 0 spiro atoms. The number of carbonyl (C=O) groups is 1. The number of fused-ring (bicyclic) bond motifs is 2. The third-order valence-corrected chi connectivity index (χ3v) is 4.37. The summed E-state index contributed by atoms with van der Waals surface area (Å²) in [5.74, 6) is 0.326. The number of rotatable bonds is 3. The van der Waals surface area contributed by atoms with Gasteiger partial charge >= 0.3 is 0 Å². The predicted octanol–water partition coefficient (Wildman–Crippen LogP) is 1.96. The van der Waals surface area contributed by atoms with Gasteiger partial charge in [0.25, 0.3) is 5.91 Å². The monoisotopic (exact) mass is 283 g/mol. The van der Waals surface area contributed by atoms with Crippen molar-refractivity contribution in [3.63, 3.8) is 0 Å². The molecule has 3 atom stereocenters. The van der Waals surface area contributed by atoms with E-state index >= 15 is 0 Å². The Kier molecular flexibility index (Phi) is 3.00. The Morgan fingerprint density at radius 1 is 1.29 bits per heavy atom. The van der Waals surface area contributed by atoms with Gasteiger partial charge in [-0.05, 0) is 31.4 Å². The first-order chi connectivity index (χ1) is 10.3. The zero-order chi connectivity index (χ0) is 14.2. The van der Waals surface area contributed by atoms with Gasteiger partial charge in [0.2, 0.25) is 5.89 Å². The van der Waals surface area contributed by atoms with Crippen LogP contribution in [0, 0.1) is 0 Å². The molecule has 2 aliphatic heterocycles. The number of nitrogens with one attached hydrogen (secondary N) is 2. The smallest absolute Gasteiger partial charge is 0.273 e. The number of nitrogens with zero attached hydrogens (tertiary/aromatic N) is 1. The van der Waals surface area contributed by atoms with Crippen LogP contribution < -0.4 is 10.6 Å². The summed E-state index contributed by atoms with van der Waals surface area (Å²) in [5.41, 5.74) is 1.22. The van der Waals surface area contributed by atoms with Crippen molar-refractivity contribution in [2.75, 3.05) is 0 Å². The highest BCUT2D eigenvalue weighted by atomic mass is 16.3. The fourth-order valence-corrected chi connectivity index (χ4v) is 3.32. The molecule has 1 aromatic carbocycles. The first-order valence-electron chi connectivity index (χ1n) is 7.37. The van der Waals surface area contributed by atoms with Crippen molar-refractivity contribution in [1.82, 2.24) is 15.6 Å².